The molecule has 6 nitrogen and oxygen atoms in total. The van der Waals surface area contributed by atoms with Gasteiger partial charge in [-0.25, -0.2) is 4.79 Å². The maximum Gasteiger partial charge on any atom is 0.344 e. The Hall–Kier alpha value is -2.15. The number of pyridine rings is 1. The number of rotatable bonds is 4. The van der Waals surface area contributed by atoms with Gasteiger partial charge in [-0.15, -0.1) is 0 Å². The van der Waals surface area contributed by atoms with E-state index in [2.05, 4.69) is 19.4 Å². The fourth-order valence-electron chi connectivity index (χ4n) is 1.40. The molecule has 2 aromatic rings. The normalized spacial score (nSPS) is 10.1. The van der Waals surface area contributed by atoms with E-state index in [0.717, 1.165) is 17.2 Å². The van der Waals surface area contributed by atoms with Crippen LogP contribution in [-0.4, -0.2) is 22.4 Å². The Morgan fingerprint density at radius 3 is 3.06 bits per heavy atom. The summed E-state index contributed by atoms with van der Waals surface area (Å²) in [5, 5.41) is 3.67. The molecule has 0 aliphatic rings. The number of nitrogens with zero attached hydrogens (tertiary/aromatic N) is 2. The lowest BCUT2D eigenvalue weighted by Gasteiger charge is -2.05. The second-order valence-electron chi connectivity index (χ2n) is 3.44. The Kier molecular flexibility index (Phi) is 3.73. The zero-order valence-corrected chi connectivity index (χ0v) is 10.5. The standard InChI is InChI=1S/C11H12N4O2S/c1-17-11(16)8-9(12)15-18-10(8)14-6-7-4-2-3-5-13-7/h2-5,14H,6H2,1H3,(H2,12,15). The minimum atomic E-state index is -0.496. The van der Waals surface area contributed by atoms with Crippen molar-refractivity contribution in [3.05, 3.63) is 35.7 Å². The number of aromatic nitrogens is 2. The number of hydrogen-bond donors (Lipinski definition) is 2. The van der Waals surface area contributed by atoms with Crippen molar-refractivity contribution < 1.29 is 9.53 Å². The lowest BCUT2D eigenvalue weighted by molar-refractivity contribution is 0.0603. The highest BCUT2D eigenvalue weighted by Crippen LogP contribution is 2.27. The molecule has 2 aromatic heterocycles. The molecule has 0 aliphatic carbocycles. The van der Waals surface area contributed by atoms with Gasteiger partial charge in [0.05, 0.1) is 19.3 Å². The predicted octanol–water partition coefficient (Wildman–Crippen LogP) is 1.52. The largest absolute Gasteiger partial charge is 0.465 e. The summed E-state index contributed by atoms with van der Waals surface area (Å²) in [6.07, 6.45) is 1.71. The number of esters is 1. The third kappa shape index (κ3) is 2.57. The van der Waals surface area contributed by atoms with E-state index in [1.54, 1.807) is 6.20 Å². The second kappa shape index (κ2) is 5.46. The smallest absolute Gasteiger partial charge is 0.344 e. The number of nitrogens with two attached hydrogens (primary N) is 1. The molecule has 2 rings (SSSR count). The van der Waals surface area contributed by atoms with Crippen molar-refractivity contribution in [3.8, 4) is 0 Å². The van der Waals surface area contributed by atoms with Crippen LogP contribution >= 0.6 is 11.5 Å². The zero-order valence-electron chi connectivity index (χ0n) is 9.71. The van der Waals surface area contributed by atoms with Gasteiger partial charge in [-0.05, 0) is 23.7 Å². The summed E-state index contributed by atoms with van der Waals surface area (Å²) < 4.78 is 8.59. The monoisotopic (exact) mass is 264 g/mol. The van der Waals surface area contributed by atoms with Crippen LogP contribution in [0.3, 0.4) is 0 Å². The van der Waals surface area contributed by atoms with Crippen molar-refractivity contribution >= 4 is 28.3 Å². The van der Waals surface area contributed by atoms with Crippen LogP contribution in [0, 0.1) is 0 Å². The van der Waals surface area contributed by atoms with Crippen molar-refractivity contribution in [2.75, 3.05) is 18.2 Å². The SMILES string of the molecule is COC(=O)c1c(N)nsc1NCc1ccccn1. The number of anilines is 2. The van der Waals surface area contributed by atoms with Crippen LogP contribution in [0.15, 0.2) is 24.4 Å². The van der Waals surface area contributed by atoms with Crippen LogP contribution in [-0.2, 0) is 11.3 Å². The van der Waals surface area contributed by atoms with Gasteiger partial charge in [0.2, 0.25) is 0 Å². The molecular formula is C11H12N4O2S. The minimum Gasteiger partial charge on any atom is -0.465 e. The topological polar surface area (TPSA) is 90.1 Å². The average Bonchev–Trinajstić information content (AvgIpc) is 2.78. The van der Waals surface area contributed by atoms with Gasteiger partial charge in [0.15, 0.2) is 5.82 Å². The van der Waals surface area contributed by atoms with E-state index in [4.69, 9.17) is 5.73 Å². The average molecular weight is 264 g/mol. The Morgan fingerprint density at radius 2 is 2.39 bits per heavy atom. The molecule has 0 unspecified atom stereocenters. The summed E-state index contributed by atoms with van der Waals surface area (Å²) >= 11 is 1.12. The van der Waals surface area contributed by atoms with E-state index in [9.17, 15) is 4.79 Å². The number of hydrogen-bond acceptors (Lipinski definition) is 7. The molecule has 2 heterocycles. The number of methoxy groups -OCH3 is 1. The van der Waals surface area contributed by atoms with Gasteiger partial charge in [0, 0.05) is 6.20 Å². The molecule has 0 saturated heterocycles. The first-order chi connectivity index (χ1) is 8.72. The van der Waals surface area contributed by atoms with Crippen LogP contribution in [0.25, 0.3) is 0 Å². The molecule has 0 spiro atoms. The van der Waals surface area contributed by atoms with E-state index in [1.165, 1.54) is 7.11 Å². The maximum atomic E-state index is 11.5. The Labute approximate surface area is 108 Å². The predicted molar refractivity (Wildman–Crippen MR) is 69.4 cm³/mol. The zero-order chi connectivity index (χ0) is 13.0. The van der Waals surface area contributed by atoms with E-state index in [1.807, 2.05) is 18.2 Å². The molecule has 3 N–H and O–H groups in total. The molecule has 0 aliphatic heterocycles. The van der Waals surface area contributed by atoms with E-state index in [0.29, 0.717) is 11.5 Å². The highest BCUT2D eigenvalue weighted by atomic mass is 32.1. The van der Waals surface area contributed by atoms with Gasteiger partial charge in [-0.1, -0.05) is 6.07 Å². The van der Waals surface area contributed by atoms with Gasteiger partial charge in [-0.3, -0.25) is 4.98 Å². The summed E-state index contributed by atoms with van der Waals surface area (Å²) in [7, 11) is 1.31. The summed E-state index contributed by atoms with van der Waals surface area (Å²) in [6.45, 7) is 0.493. The lowest BCUT2D eigenvalue weighted by Crippen LogP contribution is -2.08. The lowest BCUT2D eigenvalue weighted by atomic mass is 10.3. The first kappa shape index (κ1) is 12.3. The Morgan fingerprint density at radius 1 is 1.56 bits per heavy atom. The summed E-state index contributed by atoms with van der Waals surface area (Å²) in [5.74, 6) is -0.319. The molecule has 18 heavy (non-hydrogen) atoms. The van der Waals surface area contributed by atoms with E-state index >= 15 is 0 Å². The van der Waals surface area contributed by atoms with Crippen molar-refractivity contribution in [1.82, 2.24) is 9.36 Å². The van der Waals surface area contributed by atoms with Crippen molar-refractivity contribution in [1.29, 1.82) is 0 Å². The first-order valence-electron chi connectivity index (χ1n) is 5.19. The highest BCUT2D eigenvalue weighted by Gasteiger charge is 2.19. The summed E-state index contributed by atoms with van der Waals surface area (Å²) in [6, 6.07) is 5.62. The molecule has 7 heteroatoms. The number of nitrogens with one attached hydrogen (secondary N) is 1. The molecule has 0 radical (unpaired) electrons. The fraction of sp³-hybridized carbons (Fsp3) is 0.182. The van der Waals surface area contributed by atoms with Crippen molar-refractivity contribution in [2.24, 2.45) is 0 Å². The quantitative estimate of drug-likeness (QED) is 0.814. The molecule has 0 fully saturated rings. The second-order valence-corrected chi connectivity index (χ2v) is 4.21. The van der Waals surface area contributed by atoms with Crippen LogP contribution in [0.1, 0.15) is 16.1 Å². The van der Waals surface area contributed by atoms with Gasteiger partial charge in [-0.2, -0.15) is 4.37 Å². The summed E-state index contributed by atoms with van der Waals surface area (Å²) in [4.78, 5) is 15.7. The number of carbonyl (C=O) groups excluding carboxylic acids is 1. The van der Waals surface area contributed by atoms with Crippen molar-refractivity contribution in [2.45, 2.75) is 6.54 Å². The van der Waals surface area contributed by atoms with Gasteiger partial charge < -0.3 is 15.8 Å². The van der Waals surface area contributed by atoms with Gasteiger partial charge >= 0.3 is 5.97 Å². The fourth-order valence-corrected chi connectivity index (χ4v) is 2.09. The number of ether oxygens (including phenoxy) is 1. The van der Waals surface area contributed by atoms with Crippen LogP contribution < -0.4 is 11.1 Å². The van der Waals surface area contributed by atoms with E-state index in [-0.39, 0.29) is 11.4 Å². The highest BCUT2D eigenvalue weighted by molar-refractivity contribution is 7.11. The number of nitrogen functional groups attached to an aromatic ring is 1. The maximum absolute atomic E-state index is 11.5. The third-order valence-corrected chi connectivity index (χ3v) is 3.08. The van der Waals surface area contributed by atoms with E-state index < -0.39 is 5.97 Å². The van der Waals surface area contributed by atoms with Gasteiger partial charge in [0.25, 0.3) is 0 Å². The molecule has 94 valence electrons. The summed E-state index contributed by atoms with van der Waals surface area (Å²) in [5.41, 5.74) is 6.77. The first-order valence-corrected chi connectivity index (χ1v) is 5.97. The van der Waals surface area contributed by atoms with Crippen LogP contribution in [0.4, 0.5) is 10.8 Å². The molecule has 0 saturated carbocycles. The number of carbonyl (C=O) groups is 1. The molecular weight excluding hydrogens is 252 g/mol. The minimum absolute atomic E-state index is 0.176. The third-order valence-electron chi connectivity index (χ3n) is 2.26. The van der Waals surface area contributed by atoms with Crippen LogP contribution in [0.2, 0.25) is 0 Å². The Bertz CT molecular complexity index is 541. The molecule has 0 bridgehead atoms. The van der Waals surface area contributed by atoms with Gasteiger partial charge in [0.1, 0.15) is 10.6 Å². The van der Waals surface area contributed by atoms with Crippen LogP contribution in [0.5, 0.6) is 0 Å². The molecule has 0 amide bonds. The Balaban J connectivity index is 2.13. The van der Waals surface area contributed by atoms with Crippen molar-refractivity contribution in [3.63, 3.8) is 0 Å². The molecule has 0 atom stereocenters. The molecule has 0 aromatic carbocycles.